The van der Waals surface area contributed by atoms with Gasteiger partial charge in [-0.2, -0.15) is 0 Å². The second kappa shape index (κ2) is 8.61. The minimum Gasteiger partial charge on any atom is -0.493 e. The van der Waals surface area contributed by atoms with E-state index in [4.69, 9.17) is 4.74 Å². The number of hydrogen-bond acceptors (Lipinski definition) is 3. The molecule has 2 aliphatic rings. The highest BCUT2D eigenvalue weighted by atomic mass is 19.1. The summed E-state index contributed by atoms with van der Waals surface area (Å²) in [7, 11) is 0. The van der Waals surface area contributed by atoms with E-state index in [0.717, 1.165) is 29.7 Å². The van der Waals surface area contributed by atoms with Crippen molar-refractivity contribution in [3.8, 4) is 5.75 Å². The van der Waals surface area contributed by atoms with E-state index in [1.807, 2.05) is 18.2 Å². The number of rotatable bonds is 5. The molecule has 2 heterocycles. The molecule has 3 aromatic carbocycles. The van der Waals surface area contributed by atoms with Gasteiger partial charge in [0.05, 0.1) is 18.3 Å². The average Bonchev–Trinajstić information content (AvgIpc) is 3.47. The van der Waals surface area contributed by atoms with Gasteiger partial charge in [-0.05, 0) is 54.3 Å². The molecule has 0 spiro atoms. The number of likely N-dealkylation sites (tertiary alicyclic amines) is 1. The summed E-state index contributed by atoms with van der Waals surface area (Å²) >= 11 is 0. The van der Waals surface area contributed by atoms with Crippen molar-refractivity contribution in [2.24, 2.45) is 0 Å². The zero-order valence-corrected chi connectivity index (χ0v) is 17.6. The smallest absolute Gasteiger partial charge is 0.250 e. The third kappa shape index (κ3) is 3.81. The van der Waals surface area contributed by atoms with Crippen LogP contribution in [0.25, 0.3) is 0 Å². The van der Waals surface area contributed by atoms with Gasteiger partial charge in [0, 0.05) is 18.5 Å². The Bertz CT molecular complexity index is 1150. The first kappa shape index (κ1) is 20.5. The number of ether oxygens (including phenoxy) is 1. The molecule has 0 aliphatic carbocycles. The third-order valence-corrected chi connectivity index (χ3v) is 6.27. The van der Waals surface area contributed by atoms with Gasteiger partial charge in [-0.1, -0.05) is 36.4 Å². The predicted molar refractivity (Wildman–Crippen MR) is 118 cm³/mol. The number of anilines is 1. The SMILES string of the molecule is O=C(C(Nc1ccccc1F)c1ccc2c(c1)CCO2)N1CCC[C@H]1c1ccccc1F. The van der Waals surface area contributed by atoms with Gasteiger partial charge >= 0.3 is 0 Å². The minimum atomic E-state index is -0.801. The number of nitrogens with zero attached hydrogens (tertiary/aromatic N) is 1. The van der Waals surface area contributed by atoms with E-state index in [-0.39, 0.29) is 23.5 Å². The normalized spacial score (nSPS) is 18.2. The molecule has 1 saturated heterocycles. The molecule has 0 aromatic heterocycles. The van der Waals surface area contributed by atoms with Gasteiger partial charge in [0.1, 0.15) is 23.4 Å². The van der Waals surface area contributed by atoms with E-state index in [9.17, 15) is 13.6 Å². The fourth-order valence-corrected chi connectivity index (χ4v) is 4.67. The molecule has 0 bridgehead atoms. The first-order chi connectivity index (χ1) is 15.6. The molecule has 1 amide bonds. The van der Waals surface area contributed by atoms with Gasteiger partial charge in [0.15, 0.2) is 0 Å². The highest BCUT2D eigenvalue weighted by Crippen LogP contribution is 2.37. The van der Waals surface area contributed by atoms with E-state index in [0.29, 0.717) is 25.1 Å². The zero-order valence-electron chi connectivity index (χ0n) is 17.6. The fourth-order valence-electron chi connectivity index (χ4n) is 4.67. The van der Waals surface area contributed by atoms with Crippen LogP contribution >= 0.6 is 0 Å². The lowest BCUT2D eigenvalue weighted by Crippen LogP contribution is -2.38. The van der Waals surface area contributed by atoms with E-state index < -0.39 is 11.9 Å². The molecule has 6 heteroatoms. The molecular weight excluding hydrogens is 410 g/mol. The largest absolute Gasteiger partial charge is 0.493 e. The van der Waals surface area contributed by atoms with Crippen LogP contribution in [0.15, 0.2) is 66.7 Å². The minimum absolute atomic E-state index is 0.196. The second-order valence-electron chi connectivity index (χ2n) is 8.23. The number of fused-ring (bicyclic) bond motifs is 1. The summed E-state index contributed by atoms with van der Waals surface area (Å²) < 4.78 is 34.6. The Morgan fingerprint density at radius 3 is 2.62 bits per heavy atom. The second-order valence-corrected chi connectivity index (χ2v) is 8.23. The van der Waals surface area contributed by atoms with Crippen molar-refractivity contribution in [3.05, 3.63) is 95.1 Å². The number of carbonyl (C=O) groups is 1. The van der Waals surface area contributed by atoms with Crippen LogP contribution in [-0.4, -0.2) is 24.0 Å². The molecular formula is C26H24F2N2O2. The molecule has 2 atom stereocenters. The van der Waals surface area contributed by atoms with Gasteiger partial charge < -0.3 is 15.0 Å². The van der Waals surface area contributed by atoms with Gasteiger partial charge in [-0.3, -0.25) is 4.79 Å². The highest BCUT2D eigenvalue weighted by Gasteiger charge is 2.36. The van der Waals surface area contributed by atoms with Crippen molar-refractivity contribution < 1.29 is 18.3 Å². The van der Waals surface area contributed by atoms with Crippen LogP contribution in [0.5, 0.6) is 5.75 Å². The maximum Gasteiger partial charge on any atom is 0.250 e. The molecule has 5 rings (SSSR count). The van der Waals surface area contributed by atoms with Crippen LogP contribution in [0.2, 0.25) is 0 Å². The Balaban J connectivity index is 1.51. The van der Waals surface area contributed by atoms with Crippen LogP contribution in [0.3, 0.4) is 0 Å². The summed E-state index contributed by atoms with van der Waals surface area (Å²) in [5.41, 5.74) is 2.54. The van der Waals surface area contributed by atoms with E-state index in [1.165, 1.54) is 12.1 Å². The lowest BCUT2D eigenvalue weighted by atomic mass is 9.99. The number of carbonyl (C=O) groups excluding carboxylic acids is 1. The van der Waals surface area contributed by atoms with E-state index in [2.05, 4.69) is 5.32 Å². The Morgan fingerprint density at radius 1 is 1.03 bits per heavy atom. The first-order valence-electron chi connectivity index (χ1n) is 10.9. The standard InChI is InChI=1S/C26H24F2N2O2/c27-20-7-2-1-6-19(20)23-10-5-14-30(23)26(31)25(29-22-9-4-3-8-21(22)28)18-11-12-24-17(16-18)13-15-32-24/h1-4,6-9,11-12,16,23,25,29H,5,10,13-15H2/t23-,25?/m0/s1. The van der Waals surface area contributed by atoms with Crippen molar-refractivity contribution in [2.45, 2.75) is 31.3 Å². The Labute approximate surface area is 185 Å². The van der Waals surface area contributed by atoms with Crippen molar-refractivity contribution in [1.82, 2.24) is 4.90 Å². The molecule has 0 radical (unpaired) electrons. The van der Waals surface area contributed by atoms with E-state index in [1.54, 1.807) is 41.3 Å². The van der Waals surface area contributed by atoms with Gasteiger partial charge in [-0.15, -0.1) is 0 Å². The lowest BCUT2D eigenvalue weighted by Gasteiger charge is -2.30. The van der Waals surface area contributed by atoms with Crippen molar-refractivity contribution in [3.63, 3.8) is 0 Å². The number of hydrogen-bond donors (Lipinski definition) is 1. The fraction of sp³-hybridized carbons (Fsp3) is 0.269. The number of benzene rings is 3. The zero-order chi connectivity index (χ0) is 22.1. The monoisotopic (exact) mass is 434 g/mol. The number of halogens is 2. The predicted octanol–water partition coefficient (Wildman–Crippen LogP) is 5.42. The maximum atomic E-state index is 14.5. The van der Waals surface area contributed by atoms with Crippen molar-refractivity contribution >= 4 is 11.6 Å². The van der Waals surface area contributed by atoms with Crippen LogP contribution < -0.4 is 10.1 Å². The molecule has 2 aliphatic heterocycles. The Hall–Kier alpha value is -3.41. The molecule has 1 unspecified atom stereocenters. The van der Waals surface area contributed by atoms with Crippen molar-refractivity contribution in [1.29, 1.82) is 0 Å². The number of nitrogens with one attached hydrogen (secondary N) is 1. The molecule has 1 N–H and O–H groups in total. The maximum absolute atomic E-state index is 14.5. The summed E-state index contributed by atoms with van der Waals surface area (Å²) in [5, 5.41) is 3.12. The van der Waals surface area contributed by atoms with Gasteiger partial charge in [0.25, 0.3) is 0 Å². The summed E-state index contributed by atoms with van der Waals surface area (Å²) in [6.45, 7) is 1.14. The highest BCUT2D eigenvalue weighted by molar-refractivity contribution is 5.87. The van der Waals surface area contributed by atoms with E-state index >= 15 is 0 Å². The molecule has 3 aromatic rings. The first-order valence-corrected chi connectivity index (χ1v) is 10.9. The van der Waals surface area contributed by atoms with Crippen LogP contribution in [0.1, 0.15) is 41.6 Å². The van der Waals surface area contributed by atoms with Crippen LogP contribution in [0, 0.1) is 11.6 Å². The molecule has 4 nitrogen and oxygen atoms in total. The summed E-state index contributed by atoms with van der Waals surface area (Å²) in [5.74, 6) is -0.124. The lowest BCUT2D eigenvalue weighted by molar-refractivity contribution is -0.133. The summed E-state index contributed by atoms with van der Waals surface area (Å²) in [6, 6.07) is 17.4. The summed E-state index contributed by atoms with van der Waals surface area (Å²) in [6.07, 6.45) is 2.25. The number of amides is 1. The summed E-state index contributed by atoms with van der Waals surface area (Å²) in [4.78, 5) is 15.6. The molecule has 32 heavy (non-hydrogen) atoms. The number of para-hydroxylation sites is 1. The van der Waals surface area contributed by atoms with Gasteiger partial charge in [-0.25, -0.2) is 8.78 Å². The third-order valence-electron chi connectivity index (χ3n) is 6.27. The molecule has 0 saturated carbocycles. The molecule has 1 fully saturated rings. The Morgan fingerprint density at radius 2 is 1.81 bits per heavy atom. The Kier molecular flexibility index (Phi) is 5.52. The van der Waals surface area contributed by atoms with Crippen LogP contribution in [-0.2, 0) is 11.2 Å². The van der Waals surface area contributed by atoms with Crippen LogP contribution in [0.4, 0.5) is 14.5 Å². The molecule has 164 valence electrons. The van der Waals surface area contributed by atoms with Crippen molar-refractivity contribution in [2.75, 3.05) is 18.5 Å². The van der Waals surface area contributed by atoms with Gasteiger partial charge in [0.2, 0.25) is 5.91 Å². The topological polar surface area (TPSA) is 41.6 Å². The quantitative estimate of drug-likeness (QED) is 0.583. The average molecular weight is 434 g/mol.